The first kappa shape index (κ1) is 61.7. The molecule has 0 aliphatic heterocycles. The van der Waals surface area contributed by atoms with Crippen molar-refractivity contribution in [3.63, 3.8) is 0 Å². The molecule has 372 valence electrons. The smallest absolute Gasteiger partial charge is 0.457 e. The van der Waals surface area contributed by atoms with Crippen molar-refractivity contribution in [1.29, 1.82) is 0 Å². The Morgan fingerprint density at radius 1 is 0.476 bits per heavy atom. The van der Waals surface area contributed by atoms with E-state index in [1.54, 1.807) is 0 Å². The van der Waals surface area contributed by atoms with Gasteiger partial charge in [-0.2, -0.15) is 0 Å². The Balaban J connectivity index is 3.92. The van der Waals surface area contributed by atoms with E-state index >= 15 is 0 Å². The Bertz CT molecular complexity index is 1070. The summed E-state index contributed by atoms with van der Waals surface area (Å²) in [6.45, 7) is 4.94. The fourth-order valence-electron chi connectivity index (χ4n) is 7.83. The molecule has 0 heterocycles. The standard InChI is InChI=1S/C54H104NO7P/c1-3-5-7-9-11-13-15-17-19-21-23-25-27-29-31-33-35-37-39-41-43-45-47-54(56)62-53(52-61-63(57,58)60-50-48-55)51-59-49-46-44-42-40-38-36-34-32-30-28-26-24-22-20-18-16-14-12-10-8-6-4-2/h16,18,22,24,28,30,53H,3-15,17,19-21,23,25-27,29,31-52,55H2,1-2H3,(H,57,58)/b18-16-,24-22-,30-28-. The highest BCUT2D eigenvalue weighted by atomic mass is 31.2. The summed E-state index contributed by atoms with van der Waals surface area (Å²) < 4.78 is 33.6. The van der Waals surface area contributed by atoms with E-state index in [1.165, 1.54) is 193 Å². The average Bonchev–Trinajstić information content (AvgIpc) is 3.28. The number of rotatable bonds is 52. The summed E-state index contributed by atoms with van der Waals surface area (Å²) >= 11 is 0. The molecular formula is C54H104NO7P. The third kappa shape index (κ3) is 51.6. The SMILES string of the molecule is CCCCCCC/C=C\C/C=C\C/C=C\CCCCCCCCCOCC(COP(=O)(O)OCCN)OC(=O)CCCCCCCCCCCCCCCCCCCCCCCC. The first-order chi connectivity index (χ1) is 30.9. The normalized spacial score (nSPS) is 13.5. The molecule has 0 fully saturated rings. The number of carbonyl (C=O) groups excluding carboxylic acids is 1. The molecular weight excluding hydrogens is 806 g/mol. The van der Waals surface area contributed by atoms with Crippen molar-refractivity contribution in [3.05, 3.63) is 36.5 Å². The summed E-state index contributed by atoms with van der Waals surface area (Å²) in [6, 6.07) is 0. The Labute approximate surface area is 390 Å². The summed E-state index contributed by atoms with van der Waals surface area (Å²) in [5.41, 5.74) is 5.39. The highest BCUT2D eigenvalue weighted by Gasteiger charge is 2.25. The molecule has 3 N–H and O–H groups in total. The van der Waals surface area contributed by atoms with E-state index in [9.17, 15) is 14.3 Å². The molecule has 0 amide bonds. The minimum Gasteiger partial charge on any atom is -0.457 e. The lowest BCUT2D eigenvalue weighted by Gasteiger charge is -2.20. The Kier molecular flexibility index (Phi) is 50.7. The van der Waals surface area contributed by atoms with Crippen LogP contribution >= 0.6 is 7.82 Å². The largest absolute Gasteiger partial charge is 0.472 e. The molecule has 0 saturated heterocycles. The van der Waals surface area contributed by atoms with Crippen LogP contribution in [0, 0.1) is 0 Å². The minimum atomic E-state index is -4.29. The molecule has 0 radical (unpaired) electrons. The van der Waals surface area contributed by atoms with Crippen LogP contribution in [0.25, 0.3) is 0 Å². The van der Waals surface area contributed by atoms with Crippen LogP contribution in [0.3, 0.4) is 0 Å². The summed E-state index contributed by atoms with van der Waals surface area (Å²) in [5.74, 6) is -0.328. The molecule has 63 heavy (non-hydrogen) atoms. The van der Waals surface area contributed by atoms with Gasteiger partial charge in [0.05, 0.1) is 19.8 Å². The van der Waals surface area contributed by atoms with Gasteiger partial charge in [-0.1, -0.05) is 243 Å². The van der Waals surface area contributed by atoms with Gasteiger partial charge in [-0.3, -0.25) is 13.8 Å². The maximum atomic E-state index is 12.7. The van der Waals surface area contributed by atoms with Crippen molar-refractivity contribution in [2.75, 3.05) is 33.0 Å². The molecule has 0 saturated carbocycles. The zero-order valence-corrected chi connectivity index (χ0v) is 42.5. The monoisotopic (exact) mass is 910 g/mol. The number of allylic oxidation sites excluding steroid dienone is 6. The number of unbranched alkanes of at least 4 members (excludes halogenated alkanes) is 33. The maximum Gasteiger partial charge on any atom is 0.472 e. The van der Waals surface area contributed by atoms with Crippen molar-refractivity contribution >= 4 is 13.8 Å². The molecule has 2 unspecified atom stereocenters. The van der Waals surface area contributed by atoms with Crippen LogP contribution in [0.15, 0.2) is 36.5 Å². The number of hydrogen-bond donors (Lipinski definition) is 2. The second-order valence-corrected chi connectivity index (χ2v) is 19.6. The molecule has 8 nitrogen and oxygen atoms in total. The Hall–Kier alpha value is -1.28. The first-order valence-electron chi connectivity index (χ1n) is 27.0. The van der Waals surface area contributed by atoms with E-state index in [-0.39, 0.29) is 32.3 Å². The third-order valence-electron chi connectivity index (χ3n) is 11.8. The highest BCUT2D eigenvalue weighted by molar-refractivity contribution is 7.47. The van der Waals surface area contributed by atoms with Crippen LogP contribution in [0.2, 0.25) is 0 Å². The van der Waals surface area contributed by atoms with E-state index in [0.29, 0.717) is 13.0 Å². The third-order valence-corrected chi connectivity index (χ3v) is 12.8. The van der Waals surface area contributed by atoms with Gasteiger partial charge in [0.15, 0.2) is 0 Å². The molecule has 9 heteroatoms. The van der Waals surface area contributed by atoms with Gasteiger partial charge >= 0.3 is 13.8 Å². The number of esters is 1. The van der Waals surface area contributed by atoms with Crippen LogP contribution in [-0.2, 0) is 27.9 Å². The number of nitrogens with two attached hydrogens (primary N) is 1. The number of ether oxygens (including phenoxy) is 2. The topological polar surface area (TPSA) is 117 Å². The molecule has 0 aliphatic carbocycles. The molecule has 0 aromatic carbocycles. The van der Waals surface area contributed by atoms with E-state index in [1.807, 2.05) is 0 Å². The predicted octanol–water partition coefficient (Wildman–Crippen LogP) is 16.9. The summed E-state index contributed by atoms with van der Waals surface area (Å²) in [4.78, 5) is 22.6. The molecule has 0 aromatic rings. The molecule has 0 aromatic heterocycles. The van der Waals surface area contributed by atoms with Crippen molar-refractivity contribution in [1.82, 2.24) is 0 Å². The number of phosphoric acid groups is 1. The average molecular weight is 910 g/mol. The van der Waals surface area contributed by atoms with Crippen molar-refractivity contribution < 1.29 is 32.8 Å². The van der Waals surface area contributed by atoms with Gasteiger partial charge < -0.3 is 20.1 Å². The van der Waals surface area contributed by atoms with Crippen molar-refractivity contribution in [2.24, 2.45) is 5.73 Å². The second-order valence-electron chi connectivity index (χ2n) is 18.1. The number of phosphoric ester groups is 1. The van der Waals surface area contributed by atoms with Crippen LogP contribution in [-0.4, -0.2) is 49.9 Å². The van der Waals surface area contributed by atoms with Gasteiger partial charge in [-0.15, -0.1) is 0 Å². The molecule has 0 aliphatic rings. The number of hydrogen-bond acceptors (Lipinski definition) is 7. The van der Waals surface area contributed by atoms with Crippen LogP contribution in [0.4, 0.5) is 0 Å². The van der Waals surface area contributed by atoms with Crippen molar-refractivity contribution in [3.8, 4) is 0 Å². The quantitative estimate of drug-likeness (QED) is 0.0268. The fraction of sp³-hybridized carbons (Fsp3) is 0.870. The van der Waals surface area contributed by atoms with Crippen molar-refractivity contribution in [2.45, 2.75) is 270 Å². The lowest BCUT2D eigenvalue weighted by molar-refractivity contribution is -0.154. The lowest BCUT2D eigenvalue weighted by Crippen LogP contribution is -2.28. The zero-order valence-electron chi connectivity index (χ0n) is 41.6. The van der Waals surface area contributed by atoms with Gasteiger partial charge in [-0.25, -0.2) is 4.57 Å². The summed E-state index contributed by atoms with van der Waals surface area (Å²) in [7, 11) is -4.29. The second kappa shape index (κ2) is 51.7. The van der Waals surface area contributed by atoms with Crippen LogP contribution < -0.4 is 5.73 Å². The van der Waals surface area contributed by atoms with Gasteiger partial charge in [0.2, 0.25) is 0 Å². The van der Waals surface area contributed by atoms with E-state index in [2.05, 4.69) is 50.3 Å². The van der Waals surface area contributed by atoms with Crippen LogP contribution in [0.1, 0.15) is 264 Å². The fourth-order valence-corrected chi connectivity index (χ4v) is 8.60. The van der Waals surface area contributed by atoms with Crippen LogP contribution in [0.5, 0.6) is 0 Å². The number of carbonyl (C=O) groups is 1. The minimum absolute atomic E-state index is 0.0963. The van der Waals surface area contributed by atoms with Gasteiger partial charge in [0.25, 0.3) is 0 Å². The van der Waals surface area contributed by atoms with Gasteiger partial charge in [-0.05, 0) is 51.4 Å². The Morgan fingerprint density at radius 3 is 1.25 bits per heavy atom. The first-order valence-corrected chi connectivity index (χ1v) is 28.5. The van der Waals surface area contributed by atoms with Gasteiger partial charge in [0, 0.05) is 19.6 Å². The zero-order chi connectivity index (χ0) is 45.8. The molecule has 0 bridgehead atoms. The highest BCUT2D eigenvalue weighted by Crippen LogP contribution is 2.43. The molecule has 0 rings (SSSR count). The molecule has 0 spiro atoms. The summed E-state index contributed by atoms with van der Waals surface area (Å²) in [6.07, 6.45) is 61.8. The van der Waals surface area contributed by atoms with E-state index in [0.717, 1.165) is 51.4 Å². The van der Waals surface area contributed by atoms with E-state index in [4.69, 9.17) is 24.3 Å². The lowest BCUT2D eigenvalue weighted by atomic mass is 10.0. The predicted molar refractivity (Wildman–Crippen MR) is 270 cm³/mol. The Morgan fingerprint density at radius 2 is 0.841 bits per heavy atom. The van der Waals surface area contributed by atoms with Gasteiger partial charge in [0.1, 0.15) is 6.10 Å². The summed E-state index contributed by atoms with van der Waals surface area (Å²) in [5, 5.41) is 0. The maximum absolute atomic E-state index is 12.7. The van der Waals surface area contributed by atoms with E-state index < -0.39 is 13.9 Å². The molecule has 2 atom stereocenters.